The molecule has 1 aromatic rings. The Kier molecular flexibility index (Phi) is 5.08. The van der Waals surface area contributed by atoms with Crippen molar-refractivity contribution in [3.63, 3.8) is 0 Å². The molecule has 0 aromatic heterocycles. The number of nitrogens with zero attached hydrogens (tertiary/aromatic N) is 1. The highest BCUT2D eigenvalue weighted by atomic mass is 19.4. The van der Waals surface area contributed by atoms with E-state index in [1.807, 2.05) is 6.92 Å². The number of ether oxygens (including phenoxy) is 2. The Morgan fingerprint density at radius 2 is 2.24 bits per heavy atom. The summed E-state index contributed by atoms with van der Waals surface area (Å²) in [5, 5.41) is 0. The molecule has 0 spiro atoms. The molecule has 0 radical (unpaired) electrons. The van der Waals surface area contributed by atoms with Crippen LogP contribution in [0, 0.1) is 0 Å². The summed E-state index contributed by atoms with van der Waals surface area (Å²) in [4.78, 5) is 2.13. The molecule has 1 saturated heterocycles. The topological polar surface area (TPSA) is 47.7 Å². The molecule has 2 N–H and O–H groups in total. The largest absolute Gasteiger partial charge is 0.573 e. The molecule has 21 heavy (non-hydrogen) atoms. The molecule has 118 valence electrons. The smallest absolute Gasteiger partial charge is 0.406 e. The van der Waals surface area contributed by atoms with Gasteiger partial charge in [0.05, 0.1) is 12.7 Å². The third-order valence-electron chi connectivity index (χ3n) is 3.41. The van der Waals surface area contributed by atoms with Crippen LogP contribution < -0.4 is 10.5 Å². The van der Waals surface area contributed by atoms with Gasteiger partial charge < -0.3 is 15.2 Å². The normalized spacial score (nSPS) is 22.0. The first-order valence-corrected chi connectivity index (χ1v) is 6.80. The van der Waals surface area contributed by atoms with Crippen molar-refractivity contribution in [1.82, 2.24) is 4.90 Å². The molecule has 2 rings (SSSR count). The van der Waals surface area contributed by atoms with Crippen molar-refractivity contribution < 1.29 is 22.6 Å². The molecule has 1 fully saturated rings. The molecular formula is C14H19F3N2O2. The van der Waals surface area contributed by atoms with Crippen LogP contribution in [0.2, 0.25) is 0 Å². The van der Waals surface area contributed by atoms with Gasteiger partial charge in [-0.15, -0.1) is 13.2 Å². The van der Waals surface area contributed by atoms with Crippen LogP contribution in [0.4, 0.5) is 13.2 Å². The second-order valence-corrected chi connectivity index (χ2v) is 5.05. The lowest BCUT2D eigenvalue weighted by Crippen LogP contribution is -2.45. The lowest BCUT2D eigenvalue weighted by molar-refractivity contribution is -0.274. The number of rotatable bonds is 4. The quantitative estimate of drug-likeness (QED) is 0.927. The molecule has 7 heteroatoms. The summed E-state index contributed by atoms with van der Waals surface area (Å²) in [7, 11) is 0. The molecule has 0 saturated carbocycles. The van der Waals surface area contributed by atoms with Crippen molar-refractivity contribution in [2.24, 2.45) is 5.73 Å². The molecule has 2 atom stereocenters. The SMILES string of the molecule is CC1CN(C(CN)c2cccc(OC(F)(F)F)c2)CCO1. The molecule has 4 nitrogen and oxygen atoms in total. The van der Waals surface area contributed by atoms with Crippen molar-refractivity contribution in [3.8, 4) is 5.75 Å². The van der Waals surface area contributed by atoms with E-state index < -0.39 is 6.36 Å². The maximum absolute atomic E-state index is 12.3. The standard InChI is InChI=1S/C14H19F3N2O2/c1-10-9-19(5-6-20-10)13(8-18)11-3-2-4-12(7-11)21-14(15,16)17/h2-4,7,10,13H,5-6,8-9,18H2,1H3. The van der Waals surface area contributed by atoms with Crippen LogP contribution >= 0.6 is 0 Å². The number of alkyl halides is 3. The molecule has 0 amide bonds. The van der Waals surface area contributed by atoms with E-state index in [4.69, 9.17) is 10.5 Å². The second kappa shape index (κ2) is 6.64. The van der Waals surface area contributed by atoms with Crippen molar-refractivity contribution in [1.29, 1.82) is 0 Å². The molecule has 2 unspecified atom stereocenters. The summed E-state index contributed by atoms with van der Waals surface area (Å²) in [6.07, 6.45) is -4.60. The number of hydrogen-bond donors (Lipinski definition) is 1. The minimum atomic E-state index is -4.69. The van der Waals surface area contributed by atoms with E-state index in [2.05, 4.69) is 9.64 Å². The van der Waals surface area contributed by atoms with Crippen molar-refractivity contribution >= 4 is 0 Å². The monoisotopic (exact) mass is 304 g/mol. The van der Waals surface area contributed by atoms with E-state index in [1.165, 1.54) is 12.1 Å². The number of nitrogens with two attached hydrogens (primary N) is 1. The zero-order valence-electron chi connectivity index (χ0n) is 11.8. The zero-order valence-corrected chi connectivity index (χ0v) is 11.8. The van der Waals surface area contributed by atoms with Crippen LogP contribution in [0.5, 0.6) is 5.75 Å². The molecule has 1 heterocycles. The molecule has 0 bridgehead atoms. The summed E-state index contributed by atoms with van der Waals surface area (Å²) < 4.78 is 46.3. The Balaban J connectivity index is 2.16. The van der Waals surface area contributed by atoms with Crippen LogP contribution in [-0.2, 0) is 4.74 Å². The average Bonchev–Trinajstić information content (AvgIpc) is 2.38. The van der Waals surface area contributed by atoms with Crippen LogP contribution in [0.3, 0.4) is 0 Å². The molecule has 1 aliphatic heterocycles. The third kappa shape index (κ3) is 4.59. The highest BCUT2D eigenvalue weighted by Crippen LogP contribution is 2.28. The number of benzene rings is 1. The number of halogens is 3. The molecule has 1 aromatic carbocycles. The fourth-order valence-corrected chi connectivity index (χ4v) is 2.54. The van der Waals surface area contributed by atoms with E-state index >= 15 is 0 Å². The van der Waals surface area contributed by atoms with Crippen LogP contribution in [0.15, 0.2) is 24.3 Å². The lowest BCUT2D eigenvalue weighted by Gasteiger charge is -2.37. The summed E-state index contributed by atoms with van der Waals surface area (Å²) in [6, 6.07) is 5.84. The van der Waals surface area contributed by atoms with Crippen molar-refractivity contribution in [2.75, 3.05) is 26.2 Å². The fraction of sp³-hybridized carbons (Fsp3) is 0.571. The Labute approximate surface area is 121 Å². The van der Waals surface area contributed by atoms with Crippen LogP contribution in [-0.4, -0.2) is 43.6 Å². The first-order chi connectivity index (χ1) is 9.89. The van der Waals surface area contributed by atoms with Gasteiger partial charge >= 0.3 is 6.36 Å². The Bertz CT molecular complexity index is 468. The molecular weight excluding hydrogens is 285 g/mol. The third-order valence-corrected chi connectivity index (χ3v) is 3.41. The highest BCUT2D eigenvalue weighted by Gasteiger charge is 2.31. The predicted molar refractivity (Wildman–Crippen MR) is 71.9 cm³/mol. The maximum atomic E-state index is 12.3. The van der Waals surface area contributed by atoms with Gasteiger partial charge in [-0.3, -0.25) is 4.90 Å². The summed E-state index contributed by atoms with van der Waals surface area (Å²) >= 11 is 0. The predicted octanol–water partition coefficient (Wildman–Crippen LogP) is 2.31. The molecule has 1 aliphatic rings. The Morgan fingerprint density at radius 1 is 1.48 bits per heavy atom. The first-order valence-electron chi connectivity index (χ1n) is 6.80. The van der Waals surface area contributed by atoms with Crippen LogP contribution in [0.1, 0.15) is 18.5 Å². The Morgan fingerprint density at radius 3 is 2.86 bits per heavy atom. The minimum absolute atomic E-state index is 0.0856. The van der Waals surface area contributed by atoms with Gasteiger partial charge in [-0.1, -0.05) is 12.1 Å². The fourth-order valence-electron chi connectivity index (χ4n) is 2.54. The van der Waals surface area contributed by atoms with Gasteiger partial charge in [-0.2, -0.15) is 0 Å². The summed E-state index contributed by atoms with van der Waals surface area (Å²) in [6.45, 7) is 4.28. The van der Waals surface area contributed by atoms with Gasteiger partial charge in [0.1, 0.15) is 5.75 Å². The van der Waals surface area contributed by atoms with E-state index in [0.717, 1.165) is 0 Å². The average molecular weight is 304 g/mol. The van der Waals surface area contributed by atoms with Gasteiger partial charge in [0.25, 0.3) is 0 Å². The van der Waals surface area contributed by atoms with E-state index in [1.54, 1.807) is 12.1 Å². The van der Waals surface area contributed by atoms with Crippen molar-refractivity contribution in [3.05, 3.63) is 29.8 Å². The second-order valence-electron chi connectivity index (χ2n) is 5.05. The van der Waals surface area contributed by atoms with Crippen molar-refractivity contribution in [2.45, 2.75) is 25.4 Å². The van der Waals surface area contributed by atoms with Gasteiger partial charge in [0, 0.05) is 25.7 Å². The maximum Gasteiger partial charge on any atom is 0.573 e. The number of hydrogen-bond acceptors (Lipinski definition) is 4. The van der Waals surface area contributed by atoms with Gasteiger partial charge in [0.15, 0.2) is 0 Å². The Hall–Kier alpha value is -1.31. The van der Waals surface area contributed by atoms with Gasteiger partial charge in [0.2, 0.25) is 0 Å². The van der Waals surface area contributed by atoms with E-state index in [0.29, 0.717) is 31.8 Å². The first kappa shape index (κ1) is 16.1. The van der Waals surface area contributed by atoms with Gasteiger partial charge in [-0.05, 0) is 24.6 Å². The van der Waals surface area contributed by atoms with Crippen LogP contribution in [0.25, 0.3) is 0 Å². The highest BCUT2D eigenvalue weighted by molar-refractivity contribution is 5.31. The minimum Gasteiger partial charge on any atom is -0.406 e. The number of morpholine rings is 1. The van der Waals surface area contributed by atoms with E-state index in [-0.39, 0.29) is 17.9 Å². The zero-order chi connectivity index (χ0) is 15.5. The molecule has 0 aliphatic carbocycles. The lowest BCUT2D eigenvalue weighted by atomic mass is 10.0. The van der Waals surface area contributed by atoms with E-state index in [9.17, 15) is 13.2 Å². The summed E-state index contributed by atoms with van der Waals surface area (Å²) in [5.41, 5.74) is 6.53. The van der Waals surface area contributed by atoms with Gasteiger partial charge in [-0.25, -0.2) is 0 Å². The summed E-state index contributed by atoms with van der Waals surface area (Å²) in [5.74, 6) is -0.222.